The molecule has 0 saturated carbocycles. The van der Waals surface area contributed by atoms with E-state index in [1.807, 2.05) is 0 Å². The Morgan fingerprint density at radius 3 is 2.30 bits per heavy atom. The Balaban J connectivity index is 1.92. The van der Waals surface area contributed by atoms with Crippen LogP contribution < -0.4 is 4.72 Å². The molecule has 0 aliphatic carbocycles. The van der Waals surface area contributed by atoms with Crippen LogP contribution in [0.25, 0.3) is 0 Å². The lowest BCUT2D eigenvalue weighted by atomic mass is 10.2. The molecular weight excluding hydrogens is 364 g/mol. The van der Waals surface area contributed by atoms with Crippen LogP contribution in [-0.4, -0.2) is 24.5 Å². The second-order valence-electron chi connectivity index (χ2n) is 5.45. The van der Waals surface area contributed by atoms with Crippen molar-refractivity contribution in [3.8, 4) is 11.8 Å². The second kappa shape index (κ2) is 7.72. The van der Waals surface area contributed by atoms with Crippen LogP contribution in [-0.2, 0) is 10.0 Å². The van der Waals surface area contributed by atoms with Crippen LogP contribution in [0.3, 0.4) is 0 Å². The zero-order valence-electron chi connectivity index (χ0n) is 14.0. The Morgan fingerprint density at radius 2 is 1.63 bits per heavy atom. The van der Waals surface area contributed by atoms with Gasteiger partial charge < -0.3 is 5.11 Å². The molecule has 0 unspecified atom stereocenters. The average Bonchev–Trinajstić information content (AvgIpc) is 2.67. The maximum atomic E-state index is 12.7. The van der Waals surface area contributed by atoms with Crippen LogP contribution in [0.1, 0.15) is 21.6 Å². The number of nitrogens with zero attached hydrogens (tertiary/aromatic N) is 1. The van der Waals surface area contributed by atoms with Crippen LogP contribution >= 0.6 is 0 Å². The summed E-state index contributed by atoms with van der Waals surface area (Å²) in [4.78, 5) is 14.7. The number of sulfonamides is 1. The number of hydrogen-bond acceptors (Lipinski definition) is 4. The topological polar surface area (TPSA) is 96.4 Å². The molecular formula is C20H14N2O4S. The number of aromatic nitrogens is 1. The molecule has 0 aliphatic heterocycles. The van der Waals surface area contributed by atoms with Gasteiger partial charge in [-0.1, -0.05) is 42.2 Å². The molecule has 0 fully saturated rings. The first-order valence-electron chi connectivity index (χ1n) is 7.84. The number of pyridine rings is 1. The van der Waals surface area contributed by atoms with Gasteiger partial charge in [0.15, 0.2) is 0 Å². The summed E-state index contributed by atoms with van der Waals surface area (Å²) in [5.74, 6) is 4.49. The number of benzene rings is 2. The average molecular weight is 378 g/mol. The molecule has 6 nitrogen and oxygen atoms in total. The molecule has 27 heavy (non-hydrogen) atoms. The van der Waals surface area contributed by atoms with Crippen molar-refractivity contribution in [2.24, 2.45) is 0 Å². The molecule has 0 bridgehead atoms. The molecule has 1 heterocycles. The molecule has 134 valence electrons. The first kappa shape index (κ1) is 18.2. The highest BCUT2D eigenvalue weighted by Crippen LogP contribution is 2.19. The Morgan fingerprint density at radius 1 is 0.926 bits per heavy atom. The van der Waals surface area contributed by atoms with Gasteiger partial charge in [0, 0.05) is 23.0 Å². The highest BCUT2D eigenvalue weighted by molar-refractivity contribution is 7.92. The number of nitrogens with one attached hydrogen (secondary N) is 1. The highest BCUT2D eigenvalue weighted by atomic mass is 32.2. The fourth-order valence-corrected chi connectivity index (χ4v) is 3.48. The molecule has 2 N–H and O–H groups in total. The summed E-state index contributed by atoms with van der Waals surface area (Å²) < 4.78 is 27.9. The third-order valence-electron chi connectivity index (χ3n) is 3.53. The monoisotopic (exact) mass is 378 g/mol. The summed E-state index contributed by atoms with van der Waals surface area (Å²) in [5, 5.41) is 8.86. The van der Waals surface area contributed by atoms with E-state index in [4.69, 9.17) is 5.11 Å². The van der Waals surface area contributed by atoms with Crippen molar-refractivity contribution in [3.05, 3.63) is 89.7 Å². The lowest BCUT2D eigenvalue weighted by Crippen LogP contribution is -2.14. The molecule has 1 aromatic heterocycles. The van der Waals surface area contributed by atoms with Crippen molar-refractivity contribution >= 4 is 21.7 Å². The minimum atomic E-state index is -3.81. The summed E-state index contributed by atoms with van der Waals surface area (Å²) >= 11 is 0. The van der Waals surface area contributed by atoms with E-state index < -0.39 is 16.0 Å². The molecule has 0 saturated heterocycles. The Bertz CT molecular complexity index is 1130. The van der Waals surface area contributed by atoms with Crippen LogP contribution in [0.4, 0.5) is 5.69 Å². The summed E-state index contributed by atoms with van der Waals surface area (Å²) in [7, 11) is -3.81. The Kier molecular flexibility index (Phi) is 5.20. The van der Waals surface area contributed by atoms with E-state index in [0.717, 1.165) is 0 Å². The van der Waals surface area contributed by atoms with Gasteiger partial charge in [0.2, 0.25) is 0 Å². The van der Waals surface area contributed by atoms with Crippen molar-refractivity contribution in [1.29, 1.82) is 0 Å². The number of carboxylic acid groups (broad SMARTS) is 1. The van der Waals surface area contributed by atoms with Gasteiger partial charge in [-0.2, -0.15) is 0 Å². The number of rotatable bonds is 4. The van der Waals surface area contributed by atoms with Crippen LogP contribution in [0.5, 0.6) is 0 Å². The Hall–Kier alpha value is -3.63. The number of carboxylic acids is 1. The molecule has 0 spiro atoms. The standard InChI is InChI=1S/C20H14N2O4S/c23-20(24)18-13-11-15(14-21-18)10-12-16-6-4-5-9-19(16)27(25,26)22-17-7-2-1-3-8-17/h1-9,11,13-14,22H,(H,23,24). The molecule has 7 heteroatoms. The van der Waals surface area contributed by atoms with E-state index in [1.54, 1.807) is 48.5 Å². The van der Waals surface area contributed by atoms with Crippen LogP contribution in [0.2, 0.25) is 0 Å². The summed E-state index contributed by atoms with van der Waals surface area (Å²) in [6.07, 6.45) is 1.33. The van der Waals surface area contributed by atoms with Gasteiger partial charge in [-0.05, 0) is 36.4 Å². The largest absolute Gasteiger partial charge is 0.477 e. The van der Waals surface area contributed by atoms with Crippen molar-refractivity contribution in [2.45, 2.75) is 4.90 Å². The van der Waals surface area contributed by atoms with Gasteiger partial charge in [0.25, 0.3) is 10.0 Å². The van der Waals surface area contributed by atoms with E-state index in [2.05, 4.69) is 21.5 Å². The molecule has 0 amide bonds. The minimum Gasteiger partial charge on any atom is -0.477 e. The van der Waals surface area contributed by atoms with Crippen molar-refractivity contribution in [2.75, 3.05) is 4.72 Å². The van der Waals surface area contributed by atoms with Gasteiger partial charge in [-0.25, -0.2) is 18.2 Å². The van der Waals surface area contributed by atoms with E-state index in [-0.39, 0.29) is 10.6 Å². The molecule has 3 aromatic rings. The number of carbonyl (C=O) groups is 1. The summed E-state index contributed by atoms with van der Waals surface area (Å²) in [6, 6.07) is 17.8. The quantitative estimate of drug-likeness (QED) is 0.681. The van der Waals surface area contributed by atoms with Crippen molar-refractivity contribution in [3.63, 3.8) is 0 Å². The van der Waals surface area contributed by atoms with E-state index in [9.17, 15) is 13.2 Å². The second-order valence-corrected chi connectivity index (χ2v) is 7.11. The third kappa shape index (κ3) is 4.51. The number of anilines is 1. The molecule has 0 atom stereocenters. The van der Waals surface area contributed by atoms with Crippen molar-refractivity contribution in [1.82, 2.24) is 4.98 Å². The maximum Gasteiger partial charge on any atom is 0.354 e. The minimum absolute atomic E-state index is 0.0523. The van der Waals surface area contributed by atoms with Gasteiger partial charge in [-0.15, -0.1) is 0 Å². The van der Waals surface area contributed by atoms with E-state index in [1.165, 1.54) is 24.4 Å². The lowest BCUT2D eigenvalue weighted by molar-refractivity contribution is 0.0690. The predicted molar refractivity (Wildman–Crippen MR) is 101 cm³/mol. The summed E-state index contributed by atoms with van der Waals surface area (Å²) in [6.45, 7) is 0. The van der Waals surface area contributed by atoms with E-state index >= 15 is 0 Å². The zero-order chi connectivity index (χ0) is 19.3. The smallest absolute Gasteiger partial charge is 0.354 e. The van der Waals surface area contributed by atoms with Gasteiger partial charge in [-0.3, -0.25) is 4.72 Å². The Labute approximate surface area is 156 Å². The number of aromatic carboxylic acids is 1. The third-order valence-corrected chi connectivity index (χ3v) is 4.97. The first-order chi connectivity index (χ1) is 13.0. The van der Waals surface area contributed by atoms with Crippen LogP contribution in [0.15, 0.2) is 77.8 Å². The number of hydrogen-bond donors (Lipinski definition) is 2. The normalized spacial score (nSPS) is 10.5. The predicted octanol–water partition coefficient (Wildman–Crippen LogP) is 2.98. The summed E-state index contributed by atoms with van der Waals surface area (Å²) in [5.41, 5.74) is 1.16. The van der Waals surface area contributed by atoms with Gasteiger partial charge in [0.1, 0.15) is 10.6 Å². The molecule has 2 aromatic carbocycles. The first-order valence-corrected chi connectivity index (χ1v) is 9.32. The number of para-hydroxylation sites is 1. The fraction of sp³-hybridized carbons (Fsp3) is 0. The lowest BCUT2D eigenvalue weighted by Gasteiger charge is -2.09. The molecule has 0 radical (unpaired) electrons. The molecule has 0 aliphatic rings. The van der Waals surface area contributed by atoms with E-state index in [0.29, 0.717) is 16.8 Å². The van der Waals surface area contributed by atoms with Crippen LogP contribution in [0, 0.1) is 11.8 Å². The fourth-order valence-electron chi connectivity index (χ4n) is 2.25. The molecule has 3 rings (SSSR count). The van der Waals surface area contributed by atoms with Gasteiger partial charge in [0.05, 0.1) is 0 Å². The van der Waals surface area contributed by atoms with Crippen molar-refractivity contribution < 1.29 is 18.3 Å². The maximum absolute atomic E-state index is 12.7. The highest BCUT2D eigenvalue weighted by Gasteiger charge is 2.17. The van der Waals surface area contributed by atoms with Gasteiger partial charge >= 0.3 is 5.97 Å². The SMILES string of the molecule is O=C(O)c1ccc(C#Cc2ccccc2S(=O)(=O)Nc2ccccc2)cn1. The zero-order valence-corrected chi connectivity index (χ0v) is 14.8.